The summed E-state index contributed by atoms with van der Waals surface area (Å²) in [6.45, 7) is 2.83. The minimum atomic E-state index is -0.774. The number of carbonyl (C=O) groups excluding carboxylic acids is 1. The van der Waals surface area contributed by atoms with Gasteiger partial charge >= 0.3 is 0 Å². The number of β-amino-alcohol motifs (C(OH)–C–C–N with tert-alkyl or cyclic N) is 1. The molecule has 1 fully saturated rings. The molecule has 0 aromatic heterocycles. The summed E-state index contributed by atoms with van der Waals surface area (Å²) in [6, 6.07) is 3.31. The summed E-state index contributed by atoms with van der Waals surface area (Å²) < 4.78 is 13.0. The van der Waals surface area contributed by atoms with Crippen molar-refractivity contribution in [2.24, 2.45) is 0 Å². The van der Waals surface area contributed by atoms with Crippen molar-refractivity contribution < 1.29 is 19.4 Å². The van der Waals surface area contributed by atoms with Crippen molar-refractivity contribution in [3.63, 3.8) is 0 Å². The second-order valence-electron chi connectivity index (χ2n) is 5.04. The fraction of sp³-hybridized carbons (Fsp3) is 0.462. The maximum atomic E-state index is 13.0. The van der Waals surface area contributed by atoms with Crippen LogP contribution in [0.15, 0.2) is 18.2 Å². The van der Waals surface area contributed by atoms with Gasteiger partial charge in [0.15, 0.2) is 5.78 Å². The molecule has 1 aromatic carbocycles. The van der Waals surface area contributed by atoms with Crippen LogP contribution in [-0.2, 0) is 0 Å². The van der Waals surface area contributed by atoms with Gasteiger partial charge in [-0.25, -0.2) is 4.39 Å². The molecule has 2 N–H and O–H groups in total. The number of Topliss-reactive ketones (excluding diaryl/α,β-unsaturated/α-hetero) is 1. The minimum absolute atomic E-state index is 0.0125. The van der Waals surface area contributed by atoms with Gasteiger partial charge in [0, 0.05) is 13.1 Å². The van der Waals surface area contributed by atoms with Crippen LogP contribution in [0.25, 0.3) is 0 Å². The summed E-state index contributed by atoms with van der Waals surface area (Å²) in [4.78, 5) is 13.7. The molecular weight excluding hydrogens is 237 g/mol. The van der Waals surface area contributed by atoms with E-state index in [0.717, 1.165) is 12.1 Å². The van der Waals surface area contributed by atoms with Crippen LogP contribution in [0, 0.1) is 5.82 Å². The molecule has 0 radical (unpaired) electrons. The van der Waals surface area contributed by atoms with Crippen LogP contribution in [-0.4, -0.2) is 46.1 Å². The van der Waals surface area contributed by atoms with E-state index in [0.29, 0.717) is 19.5 Å². The molecule has 0 bridgehead atoms. The molecule has 1 aromatic rings. The van der Waals surface area contributed by atoms with Crippen LogP contribution >= 0.6 is 0 Å². The lowest BCUT2D eigenvalue weighted by atomic mass is 10.1. The summed E-state index contributed by atoms with van der Waals surface area (Å²) >= 11 is 0. The predicted molar refractivity (Wildman–Crippen MR) is 64.1 cm³/mol. The molecule has 1 heterocycles. The highest BCUT2D eigenvalue weighted by atomic mass is 19.1. The van der Waals surface area contributed by atoms with Crippen molar-refractivity contribution in [3.05, 3.63) is 29.6 Å². The second-order valence-corrected chi connectivity index (χ2v) is 5.04. The summed E-state index contributed by atoms with van der Waals surface area (Å²) in [5, 5.41) is 19.3. The standard InChI is InChI=1S/C13H16FNO3/c1-13(18)4-5-15(8-13)7-12(17)10-6-9(14)2-3-11(10)16/h2-3,6,16,18H,4-5,7-8H2,1H3. The fourth-order valence-electron chi connectivity index (χ4n) is 2.19. The number of nitrogens with zero attached hydrogens (tertiary/aromatic N) is 1. The maximum absolute atomic E-state index is 13.0. The van der Waals surface area contributed by atoms with Crippen molar-refractivity contribution in [1.29, 1.82) is 0 Å². The largest absolute Gasteiger partial charge is 0.507 e. The zero-order chi connectivity index (χ0) is 13.3. The lowest BCUT2D eigenvalue weighted by Crippen LogP contribution is -2.33. The highest BCUT2D eigenvalue weighted by Gasteiger charge is 2.32. The van der Waals surface area contributed by atoms with Gasteiger partial charge in [-0.05, 0) is 31.5 Å². The first-order valence-electron chi connectivity index (χ1n) is 5.84. The molecule has 18 heavy (non-hydrogen) atoms. The van der Waals surface area contributed by atoms with Gasteiger partial charge < -0.3 is 10.2 Å². The molecule has 4 nitrogen and oxygen atoms in total. The number of aromatic hydroxyl groups is 1. The molecule has 0 saturated carbocycles. The summed E-state index contributed by atoms with van der Waals surface area (Å²) in [7, 11) is 0. The molecule has 1 aliphatic heterocycles. The number of hydrogen-bond donors (Lipinski definition) is 2. The summed E-state index contributed by atoms with van der Waals surface area (Å²) in [6.07, 6.45) is 0.607. The SMILES string of the molecule is CC1(O)CCN(CC(=O)c2cc(F)ccc2O)C1. The number of ketones is 1. The number of aliphatic hydroxyl groups is 1. The van der Waals surface area contributed by atoms with Gasteiger partial charge in [0.25, 0.3) is 0 Å². The Labute approximate surface area is 105 Å². The molecule has 1 atom stereocenters. The lowest BCUT2D eigenvalue weighted by molar-refractivity contribution is 0.0669. The number of phenolic OH excluding ortho intramolecular Hbond substituents is 1. The third kappa shape index (κ3) is 2.86. The lowest BCUT2D eigenvalue weighted by Gasteiger charge is -2.18. The Hall–Kier alpha value is -1.46. The van der Waals surface area contributed by atoms with Crippen LogP contribution in [0.2, 0.25) is 0 Å². The Kier molecular flexibility index (Phi) is 3.36. The van der Waals surface area contributed by atoms with Gasteiger partial charge in [-0.1, -0.05) is 0 Å². The van der Waals surface area contributed by atoms with Gasteiger partial charge in [0.2, 0.25) is 0 Å². The topological polar surface area (TPSA) is 60.8 Å². The Bertz CT molecular complexity index is 473. The van der Waals surface area contributed by atoms with Crippen molar-refractivity contribution in [3.8, 4) is 5.75 Å². The number of rotatable bonds is 3. The van der Waals surface area contributed by atoms with Crippen molar-refractivity contribution in [1.82, 2.24) is 4.90 Å². The van der Waals surface area contributed by atoms with Crippen LogP contribution in [0.1, 0.15) is 23.7 Å². The van der Waals surface area contributed by atoms with Gasteiger partial charge in [0.05, 0.1) is 17.7 Å². The smallest absolute Gasteiger partial charge is 0.180 e. The quantitative estimate of drug-likeness (QED) is 0.794. The maximum Gasteiger partial charge on any atom is 0.180 e. The third-order valence-corrected chi connectivity index (χ3v) is 3.16. The molecule has 1 saturated heterocycles. The Morgan fingerprint density at radius 3 is 2.89 bits per heavy atom. The average molecular weight is 253 g/mol. The summed E-state index contributed by atoms with van der Waals surface area (Å²) in [5.41, 5.74) is -0.786. The molecule has 0 amide bonds. The van der Waals surface area contributed by atoms with Gasteiger partial charge in [0.1, 0.15) is 11.6 Å². The normalized spacial score (nSPS) is 24.4. The fourth-order valence-corrected chi connectivity index (χ4v) is 2.19. The zero-order valence-electron chi connectivity index (χ0n) is 10.2. The molecule has 0 aliphatic carbocycles. The summed E-state index contributed by atoms with van der Waals surface area (Å²) in [5.74, 6) is -1.11. The molecule has 0 spiro atoms. The van der Waals surface area contributed by atoms with Crippen molar-refractivity contribution in [2.45, 2.75) is 18.9 Å². The number of hydrogen-bond acceptors (Lipinski definition) is 4. The van der Waals surface area contributed by atoms with E-state index in [1.807, 2.05) is 0 Å². The first-order valence-corrected chi connectivity index (χ1v) is 5.84. The van der Waals surface area contributed by atoms with Crippen LogP contribution in [0.4, 0.5) is 4.39 Å². The number of benzene rings is 1. The van der Waals surface area contributed by atoms with E-state index >= 15 is 0 Å². The van der Waals surface area contributed by atoms with E-state index in [4.69, 9.17) is 0 Å². The van der Waals surface area contributed by atoms with E-state index in [9.17, 15) is 19.4 Å². The highest BCUT2D eigenvalue weighted by molar-refractivity contribution is 6.00. The van der Waals surface area contributed by atoms with Gasteiger partial charge in [-0.15, -0.1) is 0 Å². The predicted octanol–water partition coefficient (Wildman–Crippen LogP) is 1.17. The van der Waals surface area contributed by atoms with E-state index in [1.165, 1.54) is 6.07 Å². The Morgan fingerprint density at radius 1 is 1.56 bits per heavy atom. The average Bonchev–Trinajstić information content (AvgIpc) is 2.61. The van der Waals surface area contributed by atoms with E-state index in [2.05, 4.69) is 0 Å². The number of likely N-dealkylation sites (tertiary alicyclic amines) is 1. The Balaban J connectivity index is 2.06. The van der Waals surface area contributed by atoms with Crippen molar-refractivity contribution in [2.75, 3.05) is 19.6 Å². The first-order chi connectivity index (χ1) is 8.37. The number of halogens is 1. The van der Waals surface area contributed by atoms with Crippen LogP contribution in [0.3, 0.4) is 0 Å². The first kappa shape index (κ1) is 13.0. The number of phenols is 1. The van der Waals surface area contributed by atoms with Crippen LogP contribution < -0.4 is 0 Å². The molecular formula is C13H16FNO3. The highest BCUT2D eigenvalue weighted by Crippen LogP contribution is 2.22. The molecule has 98 valence electrons. The molecule has 2 rings (SSSR count). The van der Waals surface area contributed by atoms with Crippen LogP contribution in [0.5, 0.6) is 5.75 Å². The molecule has 1 aliphatic rings. The third-order valence-electron chi connectivity index (χ3n) is 3.16. The van der Waals surface area contributed by atoms with Crippen molar-refractivity contribution >= 4 is 5.78 Å². The monoisotopic (exact) mass is 253 g/mol. The van der Waals surface area contributed by atoms with Gasteiger partial charge in [-0.3, -0.25) is 9.69 Å². The van der Waals surface area contributed by atoms with Gasteiger partial charge in [-0.2, -0.15) is 0 Å². The molecule has 5 heteroatoms. The number of carbonyl (C=O) groups is 1. The van der Waals surface area contributed by atoms with E-state index in [1.54, 1.807) is 11.8 Å². The van der Waals surface area contributed by atoms with E-state index < -0.39 is 11.4 Å². The molecule has 1 unspecified atom stereocenters. The Morgan fingerprint density at radius 2 is 2.28 bits per heavy atom. The zero-order valence-corrected chi connectivity index (χ0v) is 10.2. The minimum Gasteiger partial charge on any atom is -0.507 e. The second kappa shape index (κ2) is 4.66. The van der Waals surface area contributed by atoms with E-state index in [-0.39, 0.29) is 23.6 Å².